The largest absolute Gasteiger partial charge is 1.00 e. The Labute approximate surface area is 210 Å². The van der Waals surface area contributed by atoms with Crippen LogP contribution in [0.2, 0.25) is 0 Å². The Balaban J connectivity index is 0.00000274. The smallest absolute Gasteiger partial charge is 0.113 e. The third-order valence-corrected chi connectivity index (χ3v) is 10.9. The highest BCUT2D eigenvalue weighted by molar-refractivity contribution is 7.95. The summed E-state index contributed by atoms with van der Waals surface area (Å²) >= 11 is 0. The summed E-state index contributed by atoms with van der Waals surface area (Å²) in [5.41, 5.74) is 2.74. The van der Waals surface area contributed by atoms with E-state index in [4.69, 9.17) is 0 Å². The maximum absolute atomic E-state index is 2.33. The molecule has 0 atom stereocenters. The first kappa shape index (κ1) is 24.0. The summed E-state index contributed by atoms with van der Waals surface area (Å²) in [6.45, 7) is 0. The summed E-state index contributed by atoms with van der Waals surface area (Å²) in [4.78, 5) is 0. The lowest BCUT2D eigenvalue weighted by Crippen LogP contribution is -3.00. The van der Waals surface area contributed by atoms with Gasteiger partial charge in [0.05, 0.1) is 6.16 Å². The van der Waals surface area contributed by atoms with Crippen LogP contribution in [0.4, 0.5) is 0 Å². The molecular formula is C32H28ClP. The molecule has 0 heterocycles. The molecule has 0 aromatic heterocycles. The number of hydrogen-bond acceptors (Lipinski definition) is 0. The molecule has 34 heavy (non-hydrogen) atoms. The Morgan fingerprint density at radius 1 is 0.382 bits per heavy atom. The predicted octanol–water partition coefficient (Wildman–Crippen LogP) is 3.82. The van der Waals surface area contributed by atoms with Crippen LogP contribution in [0.15, 0.2) is 152 Å². The zero-order valence-corrected chi connectivity index (χ0v) is 20.7. The Bertz CT molecular complexity index is 1120. The standard InChI is InChI=1S/C32H28P.ClH/c1-6-16-27(17-7-1)32(28-18-8-2-9-19-28)26-33(29-20-10-3-11-21-29,30-22-12-4-13-23-30)31-24-14-5-15-25-31;/h1-25,32H,26H2;1H/q+1;/p-1. The van der Waals surface area contributed by atoms with E-state index in [0.29, 0.717) is 5.92 Å². The van der Waals surface area contributed by atoms with Gasteiger partial charge in [-0.1, -0.05) is 115 Å². The van der Waals surface area contributed by atoms with E-state index in [1.54, 1.807) is 0 Å². The van der Waals surface area contributed by atoms with Crippen molar-refractivity contribution in [1.29, 1.82) is 0 Å². The molecule has 0 amide bonds. The molecule has 0 unspecified atom stereocenters. The summed E-state index contributed by atoms with van der Waals surface area (Å²) in [5.74, 6) is 0.293. The fraction of sp³-hybridized carbons (Fsp3) is 0.0625. The van der Waals surface area contributed by atoms with Gasteiger partial charge in [0.15, 0.2) is 0 Å². The third kappa shape index (κ3) is 4.85. The van der Waals surface area contributed by atoms with Crippen molar-refractivity contribution in [2.75, 3.05) is 6.16 Å². The van der Waals surface area contributed by atoms with Crippen LogP contribution in [0, 0.1) is 0 Å². The van der Waals surface area contributed by atoms with Crippen molar-refractivity contribution in [3.63, 3.8) is 0 Å². The number of benzene rings is 5. The van der Waals surface area contributed by atoms with E-state index < -0.39 is 7.26 Å². The second-order valence-electron chi connectivity index (χ2n) is 8.37. The predicted molar refractivity (Wildman–Crippen MR) is 145 cm³/mol. The number of rotatable bonds is 7. The van der Waals surface area contributed by atoms with Crippen molar-refractivity contribution in [2.45, 2.75) is 5.92 Å². The van der Waals surface area contributed by atoms with Crippen molar-refractivity contribution in [2.24, 2.45) is 0 Å². The van der Waals surface area contributed by atoms with E-state index in [1.807, 2.05) is 0 Å². The van der Waals surface area contributed by atoms with Gasteiger partial charge in [0.1, 0.15) is 23.2 Å². The minimum atomic E-state index is -1.94. The van der Waals surface area contributed by atoms with Crippen LogP contribution in [-0.2, 0) is 0 Å². The molecule has 5 aromatic carbocycles. The van der Waals surface area contributed by atoms with Gasteiger partial charge >= 0.3 is 0 Å². The molecule has 2 heteroatoms. The third-order valence-electron chi connectivity index (χ3n) is 6.45. The molecule has 0 spiro atoms. The Hall–Kier alpha value is -3.18. The molecule has 0 aliphatic heterocycles. The van der Waals surface area contributed by atoms with Crippen molar-refractivity contribution in [3.05, 3.63) is 163 Å². The van der Waals surface area contributed by atoms with Crippen LogP contribution >= 0.6 is 7.26 Å². The lowest BCUT2D eigenvalue weighted by Gasteiger charge is -2.31. The minimum absolute atomic E-state index is 0. The summed E-state index contributed by atoms with van der Waals surface area (Å²) < 4.78 is 0. The Morgan fingerprint density at radius 2 is 0.647 bits per heavy atom. The first-order chi connectivity index (χ1) is 16.4. The summed E-state index contributed by atoms with van der Waals surface area (Å²) in [6, 6.07) is 55.5. The minimum Gasteiger partial charge on any atom is -1.00 e. The molecule has 0 aliphatic rings. The van der Waals surface area contributed by atoms with Gasteiger partial charge in [0.25, 0.3) is 0 Å². The van der Waals surface area contributed by atoms with Crippen molar-refractivity contribution in [1.82, 2.24) is 0 Å². The molecule has 5 aromatic rings. The van der Waals surface area contributed by atoms with Gasteiger partial charge in [0, 0.05) is 5.92 Å². The van der Waals surface area contributed by atoms with Crippen molar-refractivity contribution >= 4 is 23.2 Å². The fourth-order valence-electron chi connectivity index (χ4n) is 4.86. The van der Waals surface area contributed by atoms with Gasteiger partial charge in [-0.15, -0.1) is 0 Å². The van der Waals surface area contributed by atoms with Crippen molar-refractivity contribution in [3.8, 4) is 0 Å². The molecule has 168 valence electrons. The van der Waals surface area contributed by atoms with E-state index >= 15 is 0 Å². The SMILES string of the molecule is [Cl-].c1ccc(C(C[P+](c2ccccc2)(c2ccccc2)c2ccccc2)c2ccccc2)cc1. The molecule has 0 saturated heterocycles. The average Bonchev–Trinajstić information content (AvgIpc) is 2.92. The van der Waals surface area contributed by atoms with Crippen LogP contribution in [0.3, 0.4) is 0 Å². The molecular weight excluding hydrogens is 451 g/mol. The Kier molecular flexibility index (Phi) is 7.96. The molecule has 0 saturated carbocycles. The zero-order chi connectivity index (χ0) is 22.3. The summed E-state index contributed by atoms with van der Waals surface area (Å²) in [5, 5.41) is 4.29. The zero-order valence-electron chi connectivity index (χ0n) is 19.0. The molecule has 5 rings (SSSR count). The van der Waals surface area contributed by atoms with E-state index in [-0.39, 0.29) is 12.4 Å². The van der Waals surface area contributed by atoms with Crippen LogP contribution in [0.25, 0.3) is 0 Å². The highest BCUT2D eigenvalue weighted by Gasteiger charge is 2.47. The normalized spacial score (nSPS) is 11.1. The molecule has 0 nitrogen and oxygen atoms in total. The summed E-state index contributed by atoms with van der Waals surface area (Å²) in [6.07, 6.45) is 1.04. The van der Waals surface area contributed by atoms with E-state index in [9.17, 15) is 0 Å². The maximum Gasteiger partial charge on any atom is 0.113 e. The molecule has 0 N–H and O–H groups in total. The van der Waals surface area contributed by atoms with Gasteiger partial charge < -0.3 is 12.4 Å². The monoisotopic (exact) mass is 478 g/mol. The quantitative estimate of drug-likeness (QED) is 0.312. The highest BCUT2D eigenvalue weighted by Crippen LogP contribution is 2.58. The van der Waals surface area contributed by atoms with Gasteiger partial charge in [-0.05, 0) is 47.5 Å². The lowest BCUT2D eigenvalue weighted by molar-refractivity contribution is -0.00000632. The number of halogens is 1. The average molecular weight is 479 g/mol. The van der Waals surface area contributed by atoms with Crippen LogP contribution < -0.4 is 28.3 Å². The molecule has 0 bridgehead atoms. The van der Waals surface area contributed by atoms with E-state index in [0.717, 1.165) is 6.16 Å². The summed E-state index contributed by atoms with van der Waals surface area (Å²) in [7, 11) is -1.94. The van der Waals surface area contributed by atoms with Crippen LogP contribution in [0.5, 0.6) is 0 Å². The molecule has 0 fully saturated rings. The molecule has 0 aliphatic carbocycles. The van der Waals surface area contributed by atoms with Gasteiger partial charge in [-0.3, -0.25) is 0 Å². The van der Waals surface area contributed by atoms with Crippen LogP contribution in [-0.4, -0.2) is 6.16 Å². The molecule has 0 radical (unpaired) electrons. The first-order valence-corrected chi connectivity index (χ1v) is 13.5. The lowest BCUT2D eigenvalue weighted by atomic mass is 9.93. The second kappa shape index (κ2) is 11.3. The first-order valence-electron chi connectivity index (χ1n) is 11.5. The maximum atomic E-state index is 2.33. The van der Waals surface area contributed by atoms with E-state index in [2.05, 4.69) is 152 Å². The fourth-order valence-corrected chi connectivity index (χ4v) is 9.40. The van der Waals surface area contributed by atoms with Gasteiger partial charge in [-0.25, -0.2) is 0 Å². The van der Waals surface area contributed by atoms with Crippen molar-refractivity contribution < 1.29 is 12.4 Å². The topological polar surface area (TPSA) is 0 Å². The number of hydrogen-bond donors (Lipinski definition) is 0. The Morgan fingerprint density at radius 3 is 0.941 bits per heavy atom. The van der Waals surface area contributed by atoms with Crippen LogP contribution in [0.1, 0.15) is 17.0 Å². The highest BCUT2D eigenvalue weighted by atomic mass is 35.5. The van der Waals surface area contributed by atoms with E-state index in [1.165, 1.54) is 27.0 Å². The second-order valence-corrected chi connectivity index (χ2v) is 11.9. The van der Waals surface area contributed by atoms with Gasteiger partial charge in [0.2, 0.25) is 0 Å². The van der Waals surface area contributed by atoms with Gasteiger partial charge in [-0.2, -0.15) is 0 Å².